The number of esters is 1. The molecule has 3 heteroatoms. The van der Waals surface area contributed by atoms with Crippen LogP contribution in [0.3, 0.4) is 0 Å². The van der Waals surface area contributed by atoms with Crippen LogP contribution >= 0.6 is 0 Å². The molecule has 0 N–H and O–H groups in total. The Morgan fingerprint density at radius 1 is 0.792 bits per heavy atom. The van der Waals surface area contributed by atoms with E-state index in [1.165, 1.54) is 96.6 Å². The van der Waals surface area contributed by atoms with Crippen LogP contribution in [0.4, 0.5) is 0 Å². The van der Waals surface area contributed by atoms with Crippen LogP contribution in [0.5, 0.6) is 0 Å². The van der Waals surface area contributed by atoms with E-state index in [2.05, 4.69) is 4.90 Å². The number of rotatable bonds is 6. The highest BCUT2D eigenvalue weighted by Crippen LogP contribution is 2.40. The molecule has 3 aliphatic rings. The van der Waals surface area contributed by atoms with E-state index in [4.69, 9.17) is 4.74 Å². The largest absolute Gasteiger partial charge is 0.464 e. The standard InChI is InChI=1S/C21H37NO2/c23-21(24-17-16-22-14-8-3-9-15-22)20(18-10-4-1-5-11-18)19-12-6-2-7-13-19/h18-20H,1-17H2. The minimum absolute atomic E-state index is 0.144. The summed E-state index contributed by atoms with van der Waals surface area (Å²) < 4.78 is 5.83. The van der Waals surface area contributed by atoms with Gasteiger partial charge in [0, 0.05) is 6.54 Å². The van der Waals surface area contributed by atoms with Crippen LogP contribution in [0.1, 0.15) is 83.5 Å². The number of hydrogen-bond acceptors (Lipinski definition) is 3. The SMILES string of the molecule is O=C(OCCN1CCCCC1)C(C1CCCCC1)C1CCCCC1. The summed E-state index contributed by atoms with van der Waals surface area (Å²) in [6.07, 6.45) is 17.0. The van der Waals surface area contributed by atoms with Crippen LogP contribution in [-0.4, -0.2) is 37.1 Å². The minimum Gasteiger partial charge on any atom is -0.464 e. The normalized spacial score (nSPS) is 25.0. The zero-order chi connectivity index (χ0) is 16.6. The lowest BCUT2D eigenvalue weighted by atomic mass is 9.69. The van der Waals surface area contributed by atoms with Gasteiger partial charge < -0.3 is 4.74 Å². The second-order valence-electron chi connectivity index (χ2n) is 8.39. The lowest BCUT2D eigenvalue weighted by molar-refractivity contribution is -0.154. The quantitative estimate of drug-likeness (QED) is 0.653. The van der Waals surface area contributed by atoms with Gasteiger partial charge in [-0.1, -0.05) is 44.9 Å². The Morgan fingerprint density at radius 2 is 1.29 bits per heavy atom. The van der Waals surface area contributed by atoms with Crippen LogP contribution in [0.25, 0.3) is 0 Å². The second-order valence-corrected chi connectivity index (χ2v) is 8.39. The molecule has 2 aliphatic carbocycles. The van der Waals surface area contributed by atoms with Crippen LogP contribution in [0.15, 0.2) is 0 Å². The minimum atomic E-state index is 0.144. The fourth-order valence-corrected chi connectivity index (χ4v) is 5.31. The average Bonchev–Trinajstić information content (AvgIpc) is 2.65. The fraction of sp³-hybridized carbons (Fsp3) is 0.952. The number of ether oxygens (including phenoxy) is 1. The highest BCUT2D eigenvalue weighted by Gasteiger charge is 2.37. The van der Waals surface area contributed by atoms with Crippen LogP contribution in [-0.2, 0) is 9.53 Å². The molecule has 1 saturated heterocycles. The third kappa shape index (κ3) is 5.21. The first-order valence-corrected chi connectivity index (χ1v) is 10.7. The van der Waals surface area contributed by atoms with Gasteiger partial charge in [-0.15, -0.1) is 0 Å². The number of hydrogen-bond donors (Lipinski definition) is 0. The average molecular weight is 336 g/mol. The van der Waals surface area contributed by atoms with Crippen LogP contribution < -0.4 is 0 Å². The van der Waals surface area contributed by atoms with E-state index in [0.717, 1.165) is 6.54 Å². The first-order valence-electron chi connectivity index (χ1n) is 10.7. The molecule has 0 aromatic heterocycles. The Bertz CT molecular complexity index is 348. The van der Waals surface area contributed by atoms with Crippen molar-refractivity contribution in [3.8, 4) is 0 Å². The van der Waals surface area contributed by atoms with Gasteiger partial charge in [0.1, 0.15) is 6.61 Å². The predicted octanol–water partition coefficient (Wildman–Crippen LogP) is 4.79. The number of nitrogens with zero attached hydrogens (tertiary/aromatic N) is 1. The lowest BCUT2D eigenvalue weighted by Gasteiger charge is -2.36. The first kappa shape index (κ1) is 18.2. The molecule has 0 bridgehead atoms. The molecule has 3 rings (SSSR count). The van der Waals surface area contributed by atoms with Crippen molar-refractivity contribution in [2.24, 2.45) is 17.8 Å². The van der Waals surface area contributed by atoms with Crippen molar-refractivity contribution in [1.29, 1.82) is 0 Å². The molecule has 0 amide bonds. The second kappa shape index (κ2) is 9.79. The van der Waals surface area contributed by atoms with Crippen molar-refractivity contribution in [3.05, 3.63) is 0 Å². The lowest BCUT2D eigenvalue weighted by Crippen LogP contribution is -2.37. The predicted molar refractivity (Wildman–Crippen MR) is 97.9 cm³/mol. The number of likely N-dealkylation sites (tertiary alicyclic amines) is 1. The maximum absolute atomic E-state index is 12.9. The third-order valence-corrected chi connectivity index (χ3v) is 6.69. The number of piperidine rings is 1. The maximum Gasteiger partial charge on any atom is 0.309 e. The summed E-state index contributed by atoms with van der Waals surface area (Å²) >= 11 is 0. The Hall–Kier alpha value is -0.570. The monoisotopic (exact) mass is 335 g/mol. The van der Waals surface area contributed by atoms with Gasteiger partial charge in [-0.25, -0.2) is 0 Å². The maximum atomic E-state index is 12.9. The third-order valence-electron chi connectivity index (χ3n) is 6.69. The van der Waals surface area contributed by atoms with Crippen molar-refractivity contribution < 1.29 is 9.53 Å². The van der Waals surface area contributed by atoms with E-state index in [1.807, 2.05) is 0 Å². The highest BCUT2D eigenvalue weighted by atomic mass is 16.5. The molecule has 0 aromatic rings. The summed E-state index contributed by atoms with van der Waals surface area (Å²) in [7, 11) is 0. The topological polar surface area (TPSA) is 29.5 Å². The van der Waals surface area contributed by atoms with Gasteiger partial charge in [0.05, 0.1) is 5.92 Å². The van der Waals surface area contributed by atoms with Crippen molar-refractivity contribution in [3.63, 3.8) is 0 Å². The van der Waals surface area contributed by atoms with E-state index < -0.39 is 0 Å². The number of carbonyl (C=O) groups excluding carboxylic acids is 1. The zero-order valence-corrected chi connectivity index (χ0v) is 15.5. The summed E-state index contributed by atoms with van der Waals surface area (Å²) in [6.45, 7) is 3.92. The molecule has 3 nitrogen and oxygen atoms in total. The molecular formula is C21H37NO2. The Kier molecular flexibility index (Phi) is 7.44. The van der Waals surface area contributed by atoms with Gasteiger partial charge in [-0.3, -0.25) is 9.69 Å². The zero-order valence-electron chi connectivity index (χ0n) is 15.5. The van der Waals surface area contributed by atoms with Crippen molar-refractivity contribution in [2.75, 3.05) is 26.2 Å². The van der Waals surface area contributed by atoms with Gasteiger partial charge in [-0.05, 0) is 63.5 Å². The van der Waals surface area contributed by atoms with Gasteiger partial charge >= 0.3 is 5.97 Å². The molecule has 2 saturated carbocycles. The van der Waals surface area contributed by atoms with Gasteiger partial charge in [-0.2, -0.15) is 0 Å². The molecule has 138 valence electrons. The van der Waals surface area contributed by atoms with E-state index in [0.29, 0.717) is 18.4 Å². The summed E-state index contributed by atoms with van der Waals surface area (Å²) in [4.78, 5) is 15.4. The summed E-state index contributed by atoms with van der Waals surface area (Å²) in [5.74, 6) is 1.55. The highest BCUT2D eigenvalue weighted by molar-refractivity contribution is 5.73. The van der Waals surface area contributed by atoms with Crippen molar-refractivity contribution >= 4 is 5.97 Å². The Balaban J connectivity index is 1.51. The van der Waals surface area contributed by atoms with E-state index in [9.17, 15) is 4.79 Å². The smallest absolute Gasteiger partial charge is 0.309 e. The molecule has 0 spiro atoms. The van der Waals surface area contributed by atoms with Gasteiger partial charge in [0.15, 0.2) is 0 Å². The summed E-state index contributed by atoms with van der Waals surface area (Å²) in [5, 5.41) is 0. The first-order chi connectivity index (χ1) is 11.8. The number of carbonyl (C=O) groups is 1. The molecule has 0 atom stereocenters. The van der Waals surface area contributed by atoms with Crippen molar-refractivity contribution in [1.82, 2.24) is 4.90 Å². The molecular weight excluding hydrogens is 298 g/mol. The van der Waals surface area contributed by atoms with Crippen LogP contribution in [0, 0.1) is 17.8 Å². The van der Waals surface area contributed by atoms with Crippen LogP contribution in [0.2, 0.25) is 0 Å². The van der Waals surface area contributed by atoms with Crippen molar-refractivity contribution in [2.45, 2.75) is 83.5 Å². The fourth-order valence-electron chi connectivity index (χ4n) is 5.31. The molecule has 3 fully saturated rings. The van der Waals surface area contributed by atoms with E-state index >= 15 is 0 Å². The van der Waals surface area contributed by atoms with Gasteiger partial charge in [0.25, 0.3) is 0 Å². The molecule has 1 heterocycles. The molecule has 1 aliphatic heterocycles. The van der Waals surface area contributed by atoms with E-state index in [1.54, 1.807) is 0 Å². The van der Waals surface area contributed by atoms with Gasteiger partial charge in [0.2, 0.25) is 0 Å². The van der Waals surface area contributed by atoms with E-state index in [-0.39, 0.29) is 11.9 Å². The molecule has 24 heavy (non-hydrogen) atoms. The summed E-state index contributed by atoms with van der Waals surface area (Å²) in [6, 6.07) is 0. The Morgan fingerprint density at radius 3 is 1.83 bits per heavy atom. The molecule has 0 unspecified atom stereocenters. The Labute approximate surface area is 148 Å². The molecule has 0 radical (unpaired) electrons. The summed E-state index contributed by atoms with van der Waals surface area (Å²) in [5.41, 5.74) is 0. The molecule has 0 aromatic carbocycles.